The minimum Gasteiger partial charge on any atom is -0.549 e. The smallest absolute Gasteiger partial charge is 0.549 e. The van der Waals surface area contributed by atoms with E-state index in [1.54, 1.807) is 0 Å². The van der Waals surface area contributed by atoms with Crippen molar-refractivity contribution >= 4 is 34.3 Å². The van der Waals surface area contributed by atoms with E-state index in [0.717, 1.165) is 16.2 Å². The van der Waals surface area contributed by atoms with Gasteiger partial charge in [-0.3, -0.25) is 33.3 Å². The standard InChI is InChI=1S/C12H25.C10H16N2O8.C3H8O3.2Na.H2O4S/c1-3-5-7-9-11-12-10-8-6-4-2;13-7(14)3-11(4-8(15)16)1-2-12(5-9(17)18)6-10(19)20;4-1-3(6)2-5;;;1-5(2,3)4/h1,3-12H2,2H3;1-6H2,(H,13,14)(H,15,16)(H,17,18)(H,19,20);3-6H,1-2H2;;;(H2,1,2,3,4)/q-1;;;2*+1;/p-1. The van der Waals surface area contributed by atoms with Gasteiger partial charge in [-0.2, -0.15) is 14.8 Å². The van der Waals surface area contributed by atoms with Gasteiger partial charge in [-0.25, -0.2) is 0 Å². The van der Waals surface area contributed by atoms with Crippen LogP contribution in [-0.2, 0) is 29.6 Å². The molecule has 0 atom stereocenters. The number of aliphatic hydroxyl groups excluding tert-OH is 3. The van der Waals surface area contributed by atoms with Crippen molar-refractivity contribution in [2.45, 2.75) is 77.2 Å². The quantitative estimate of drug-likeness (QED) is 0.0226. The first-order valence-electron chi connectivity index (χ1n) is 13.6. The summed E-state index contributed by atoms with van der Waals surface area (Å²) in [7, 11) is -4.67. The van der Waals surface area contributed by atoms with Gasteiger partial charge in [0.25, 0.3) is 0 Å². The molecule has 0 aromatic rings. The van der Waals surface area contributed by atoms with Gasteiger partial charge in [0.2, 0.25) is 0 Å². The molecule has 0 amide bonds. The molecule has 20 heteroatoms. The van der Waals surface area contributed by atoms with Crippen molar-refractivity contribution in [3.63, 3.8) is 0 Å². The SMILES string of the molecule is O=C([O-])CN(CCN(CC(=O)O)CC(=O)O)CC(=O)O.O=S(=O)(O)O.OCC(O)CO.[CH2-]CCCCCCCCCCC.[Na+].[Na+]. The Kier molecular flexibility index (Phi) is 50.2. The van der Waals surface area contributed by atoms with E-state index in [2.05, 4.69) is 13.8 Å². The fourth-order valence-electron chi connectivity index (χ4n) is 3.01. The topological polar surface area (TPSA) is 294 Å². The van der Waals surface area contributed by atoms with E-state index < -0.39 is 66.6 Å². The number of rotatable bonds is 22. The van der Waals surface area contributed by atoms with Gasteiger partial charge in [0.1, 0.15) is 6.10 Å². The molecule has 0 heterocycles. The first-order valence-corrected chi connectivity index (χ1v) is 15.0. The Hall–Kier alpha value is -0.450. The molecule has 0 fully saturated rings. The van der Waals surface area contributed by atoms with Crippen molar-refractivity contribution in [3.8, 4) is 0 Å². The summed E-state index contributed by atoms with van der Waals surface area (Å²) in [4.78, 5) is 44.1. The number of hydrogen-bond acceptors (Lipinski definition) is 12. The van der Waals surface area contributed by atoms with Crippen LogP contribution in [0.5, 0.6) is 0 Å². The van der Waals surface area contributed by atoms with E-state index in [1.807, 2.05) is 0 Å². The minimum atomic E-state index is -4.67. The Morgan fingerprint density at radius 2 is 0.978 bits per heavy atom. The molecule has 0 aromatic heterocycles. The summed E-state index contributed by atoms with van der Waals surface area (Å²) in [6, 6.07) is 0. The number of hydrogen-bond donors (Lipinski definition) is 8. The molecule has 0 rings (SSSR count). The molecular formula is C25H50N2Na2O15S. The van der Waals surface area contributed by atoms with Crippen LogP contribution in [0.2, 0.25) is 0 Å². The van der Waals surface area contributed by atoms with E-state index in [0.29, 0.717) is 0 Å². The summed E-state index contributed by atoms with van der Waals surface area (Å²) < 4.78 is 31.6. The third-order valence-electron chi connectivity index (χ3n) is 4.94. The zero-order valence-electron chi connectivity index (χ0n) is 26.8. The van der Waals surface area contributed by atoms with Crippen LogP contribution in [0.3, 0.4) is 0 Å². The van der Waals surface area contributed by atoms with Crippen LogP contribution in [0.25, 0.3) is 0 Å². The van der Waals surface area contributed by atoms with Crippen LogP contribution in [-0.4, -0.2) is 140 Å². The molecule has 0 aliphatic heterocycles. The summed E-state index contributed by atoms with van der Waals surface area (Å²) in [5.74, 6) is -5.21. The van der Waals surface area contributed by atoms with Crippen LogP contribution >= 0.6 is 0 Å². The molecule has 0 spiro atoms. The Balaban J connectivity index is -0.000000129. The first kappa shape index (κ1) is 56.9. The summed E-state index contributed by atoms with van der Waals surface area (Å²) in [6.07, 6.45) is 12.9. The number of aliphatic carboxylic acids is 4. The number of carboxylic acids is 4. The zero-order valence-corrected chi connectivity index (χ0v) is 31.6. The minimum absolute atomic E-state index is 0. The van der Waals surface area contributed by atoms with Gasteiger partial charge in [-0.05, 0) is 0 Å². The number of unbranched alkanes of at least 4 members (excludes halogenated alkanes) is 9. The monoisotopic (exact) mass is 696 g/mol. The van der Waals surface area contributed by atoms with Crippen LogP contribution < -0.4 is 64.2 Å². The van der Waals surface area contributed by atoms with Crippen LogP contribution in [0.4, 0.5) is 0 Å². The second kappa shape index (κ2) is 39.7. The maximum absolute atomic E-state index is 10.5. The zero-order chi connectivity index (χ0) is 34.3. The Morgan fingerprint density at radius 3 is 1.20 bits per heavy atom. The van der Waals surface area contributed by atoms with Gasteiger partial charge in [0.15, 0.2) is 0 Å². The number of carbonyl (C=O) groups excluding carboxylic acids is 1. The van der Waals surface area contributed by atoms with Crippen LogP contribution in [0.15, 0.2) is 0 Å². The van der Waals surface area contributed by atoms with Crippen molar-refractivity contribution in [2.75, 3.05) is 52.5 Å². The Morgan fingerprint density at radius 1 is 0.689 bits per heavy atom. The molecule has 0 aliphatic carbocycles. The van der Waals surface area contributed by atoms with E-state index in [4.69, 9.17) is 48.2 Å². The fraction of sp³-hybridized carbons (Fsp3) is 0.800. The Bertz CT molecular complexity index is 734. The van der Waals surface area contributed by atoms with Gasteiger partial charge < -0.3 is 47.5 Å². The molecule has 0 radical (unpaired) electrons. The first-order chi connectivity index (χ1) is 19.9. The van der Waals surface area contributed by atoms with Crippen LogP contribution in [0, 0.1) is 6.92 Å². The molecule has 0 bridgehead atoms. The van der Waals surface area contributed by atoms with Gasteiger partial charge in [-0.15, -0.1) is 0 Å². The van der Waals surface area contributed by atoms with E-state index in [1.165, 1.54) is 57.8 Å². The summed E-state index contributed by atoms with van der Waals surface area (Å²) >= 11 is 0. The molecule has 0 unspecified atom stereocenters. The molecule has 8 N–H and O–H groups in total. The van der Waals surface area contributed by atoms with Gasteiger partial charge in [-0.1, -0.05) is 64.7 Å². The molecule has 258 valence electrons. The molecule has 0 aliphatic rings. The normalized spacial score (nSPS) is 10.2. The van der Waals surface area contributed by atoms with Crippen molar-refractivity contribution in [3.05, 3.63) is 6.92 Å². The van der Waals surface area contributed by atoms with Gasteiger partial charge in [0, 0.05) is 19.6 Å². The number of carbonyl (C=O) groups is 4. The maximum Gasteiger partial charge on any atom is 1.00 e. The van der Waals surface area contributed by atoms with Gasteiger partial charge >= 0.3 is 87.4 Å². The van der Waals surface area contributed by atoms with Crippen molar-refractivity contribution in [1.82, 2.24) is 9.80 Å². The molecule has 0 saturated heterocycles. The van der Waals surface area contributed by atoms with Crippen LogP contribution in [0.1, 0.15) is 71.1 Å². The fourth-order valence-corrected chi connectivity index (χ4v) is 3.01. The predicted octanol–water partition coefficient (Wildman–Crippen LogP) is -6.98. The summed E-state index contributed by atoms with van der Waals surface area (Å²) in [5, 5.41) is 60.3. The van der Waals surface area contributed by atoms with E-state index >= 15 is 0 Å². The molecule has 0 saturated carbocycles. The molecule has 17 nitrogen and oxygen atoms in total. The second-order valence-corrected chi connectivity index (χ2v) is 10.0. The van der Waals surface area contributed by atoms with Gasteiger partial charge in [0.05, 0.1) is 38.8 Å². The average molecular weight is 697 g/mol. The van der Waals surface area contributed by atoms with Crippen molar-refractivity contribution in [2.24, 2.45) is 0 Å². The molecular weight excluding hydrogens is 646 g/mol. The maximum atomic E-state index is 10.5. The molecule has 0 aromatic carbocycles. The largest absolute Gasteiger partial charge is 1.00 e. The number of aliphatic hydroxyl groups is 3. The third-order valence-corrected chi connectivity index (χ3v) is 4.94. The molecule has 45 heavy (non-hydrogen) atoms. The average Bonchev–Trinajstić information content (AvgIpc) is 2.86. The van der Waals surface area contributed by atoms with Crippen molar-refractivity contribution in [1.29, 1.82) is 0 Å². The van der Waals surface area contributed by atoms with E-state index in [9.17, 15) is 24.3 Å². The number of nitrogens with zero attached hydrogens (tertiary/aromatic N) is 2. The summed E-state index contributed by atoms with van der Waals surface area (Å²) in [5.41, 5.74) is 0. The number of carboxylic acid groups (broad SMARTS) is 4. The second-order valence-electron chi connectivity index (χ2n) is 9.12. The Labute approximate surface area is 310 Å². The van der Waals surface area contributed by atoms with Crippen molar-refractivity contribution < 1.29 is 132 Å². The third kappa shape index (κ3) is 66.8. The summed E-state index contributed by atoms with van der Waals surface area (Å²) in [6.45, 7) is 2.89. The predicted molar refractivity (Wildman–Crippen MR) is 152 cm³/mol. The van der Waals surface area contributed by atoms with E-state index in [-0.39, 0.29) is 85.4 Å².